The van der Waals surface area contributed by atoms with E-state index in [1.165, 1.54) is 11.9 Å². The van der Waals surface area contributed by atoms with Crippen LogP contribution in [0.15, 0.2) is 54.9 Å². The van der Waals surface area contributed by atoms with Crippen LogP contribution in [-0.2, 0) is 16.0 Å². The molecule has 0 saturated carbocycles. The zero-order chi connectivity index (χ0) is 20.2. The Morgan fingerprint density at radius 1 is 1.28 bits per heavy atom. The quantitative estimate of drug-likeness (QED) is 0.639. The van der Waals surface area contributed by atoms with Gasteiger partial charge in [-0.15, -0.1) is 5.10 Å². The molecule has 0 bridgehead atoms. The highest BCUT2D eigenvalue weighted by molar-refractivity contribution is 5.80. The van der Waals surface area contributed by atoms with Gasteiger partial charge >= 0.3 is 0 Å². The Morgan fingerprint density at radius 2 is 2.07 bits per heavy atom. The fraction of sp³-hybridized carbons (Fsp3) is 0.333. The van der Waals surface area contributed by atoms with Gasteiger partial charge in [0.1, 0.15) is 18.2 Å². The maximum absolute atomic E-state index is 12.8. The van der Waals surface area contributed by atoms with Crippen molar-refractivity contribution < 1.29 is 14.3 Å². The van der Waals surface area contributed by atoms with Gasteiger partial charge in [0.25, 0.3) is 5.91 Å². The second kappa shape index (κ2) is 8.40. The highest BCUT2D eigenvalue weighted by Gasteiger charge is 2.26. The first-order valence-corrected chi connectivity index (χ1v) is 9.56. The van der Waals surface area contributed by atoms with Gasteiger partial charge in [-0.2, -0.15) is 0 Å². The number of hydrogen-bond donors (Lipinski definition) is 0. The molecule has 3 aromatic rings. The molecule has 8 heteroatoms. The molecule has 1 aliphatic rings. The van der Waals surface area contributed by atoms with Crippen molar-refractivity contribution in [3.63, 3.8) is 0 Å². The molecule has 0 aliphatic carbocycles. The second-order valence-corrected chi connectivity index (χ2v) is 7.04. The highest BCUT2D eigenvalue weighted by atomic mass is 16.5. The van der Waals surface area contributed by atoms with E-state index in [1.54, 1.807) is 35.7 Å². The van der Waals surface area contributed by atoms with Gasteiger partial charge in [0.15, 0.2) is 6.10 Å². The number of ether oxygens (including phenoxy) is 2. The normalized spacial score (nSPS) is 16.7. The summed E-state index contributed by atoms with van der Waals surface area (Å²) in [6.07, 6.45) is 1.70. The fourth-order valence-electron chi connectivity index (χ4n) is 3.49. The molecule has 1 amide bonds. The number of carbonyl (C=O) groups excluding carboxylic acids is 1. The predicted molar refractivity (Wildman–Crippen MR) is 106 cm³/mol. The minimum atomic E-state index is -0.613. The number of nitrogens with zero attached hydrogens (tertiary/aromatic N) is 5. The lowest BCUT2D eigenvalue weighted by atomic mass is 9.97. The van der Waals surface area contributed by atoms with E-state index in [9.17, 15) is 4.79 Å². The first kappa shape index (κ1) is 19.1. The molecule has 1 aromatic heterocycles. The number of benzene rings is 2. The number of hydrogen-bond acceptors (Lipinski definition) is 6. The molecule has 0 saturated heterocycles. The van der Waals surface area contributed by atoms with Crippen molar-refractivity contribution in [3.8, 4) is 11.4 Å². The topological polar surface area (TPSA) is 82.4 Å². The molecule has 8 nitrogen and oxygen atoms in total. The van der Waals surface area contributed by atoms with Gasteiger partial charge in [-0.3, -0.25) is 4.79 Å². The molecule has 0 N–H and O–H groups in total. The van der Waals surface area contributed by atoms with Crippen molar-refractivity contribution in [2.45, 2.75) is 25.6 Å². The molecular formula is C21H23N5O3. The van der Waals surface area contributed by atoms with E-state index in [0.29, 0.717) is 18.9 Å². The van der Waals surface area contributed by atoms with Crippen molar-refractivity contribution in [1.82, 2.24) is 25.1 Å². The molecule has 4 rings (SSSR count). The van der Waals surface area contributed by atoms with Crippen LogP contribution < -0.4 is 4.74 Å². The van der Waals surface area contributed by atoms with E-state index < -0.39 is 6.10 Å². The SMILES string of the molecule is CC(Oc1ccc(-n2cnnn2)cc1)C(=O)N(C)CC1OCCc2ccccc21. The first-order valence-electron chi connectivity index (χ1n) is 9.56. The van der Waals surface area contributed by atoms with Crippen LogP contribution in [-0.4, -0.2) is 57.3 Å². The average molecular weight is 393 g/mol. The molecule has 2 heterocycles. The largest absolute Gasteiger partial charge is 0.481 e. The van der Waals surface area contributed by atoms with Gasteiger partial charge in [-0.05, 0) is 59.2 Å². The summed E-state index contributed by atoms with van der Waals surface area (Å²) in [5.74, 6) is 0.511. The smallest absolute Gasteiger partial charge is 0.263 e. The molecule has 0 radical (unpaired) electrons. The van der Waals surface area contributed by atoms with E-state index in [1.807, 2.05) is 24.3 Å². The number of fused-ring (bicyclic) bond motifs is 1. The number of rotatable bonds is 6. The van der Waals surface area contributed by atoms with Crippen LogP contribution in [0.4, 0.5) is 0 Å². The minimum Gasteiger partial charge on any atom is -0.481 e. The maximum atomic E-state index is 12.8. The van der Waals surface area contributed by atoms with Gasteiger partial charge in [0.2, 0.25) is 0 Å². The van der Waals surface area contributed by atoms with Gasteiger partial charge in [0.05, 0.1) is 18.8 Å². The van der Waals surface area contributed by atoms with Crippen LogP contribution in [0.25, 0.3) is 5.69 Å². The summed E-state index contributed by atoms with van der Waals surface area (Å²) in [6.45, 7) is 2.91. The van der Waals surface area contributed by atoms with Gasteiger partial charge < -0.3 is 14.4 Å². The maximum Gasteiger partial charge on any atom is 0.263 e. The van der Waals surface area contributed by atoms with Crippen molar-refractivity contribution in [3.05, 3.63) is 66.0 Å². The second-order valence-electron chi connectivity index (χ2n) is 7.04. The molecule has 0 spiro atoms. The Kier molecular flexibility index (Phi) is 5.53. The number of carbonyl (C=O) groups is 1. The predicted octanol–water partition coefficient (Wildman–Crippen LogP) is 2.20. The number of amides is 1. The van der Waals surface area contributed by atoms with Crippen LogP contribution in [0, 0.1) is 0 Å². The average Bonchev–Trinajstić information content (AvgIpc) is 3.29. The molecule has 2 atom stereocenters. The fourth-order valence-corrected chi connectivity index (χ4v) is 3.49. The Bertz CT molecular complexity index is 959. The monoisotopic (exact) mass is 393 g/mol. The molecule has 2 aromatic carbocycles. The molecule has 0 fully saturated rings. The Labute approximate surface area is 169 Å². The number of aromatic nitrogens is 4. The van der Waals surface area contributed by atoms with Gasteiger partial charge in [-0.25, -0.2) is 4.68 Å². The van der Waals surface area contributed by atoms with Gasteiger partial charge in [0, 0.05) is 7.05 Å². The van der Waals surface area contributed by atoms with Crippen LogP contribution in [0.1, 0.15) is 24.2 Å². The summed E-state index contributed by atoms with van der Waals surface area (Å²) in [5, 5.41) is 11.1. The Balaban J connectivity index is 1.36. The third-order valence-corrected chi connectivity index (χ3v) is 5.02. The zero-order valence-corrected chi connectivity index (χ0v) is 16.4. The Morgan fingerprint density at radius 3 is 2.83 bits per heavy atom. The summed E-state index contributed by atoms with van der Waals surface area (Å²) in [6, 6.07) is 15.5. The molecule has 1 aliphatic heterocycles. The molecule has 29 heavy (non-hydrogen) atoms. The molecular weight excluding hydrogens is 370 g/mol. The third kappa shape index (κ3) is 4.27. The van der Waals surface area contributed by atoms with Crippen molar-refractivity contribution in [1.29, 1.82) is 0 Å². The van der Waals surface area contributed by atoms with E-state index in [2.05, 4.69) is 27.7 Å². The number of likely N-dealkylation sites (N-methyl/N-ethyl adjacent to an activating group) is 1. The zero-order valence-electron chi connectivity index (χ0n) is 16.4. The van der Waals surface area contributed by atoms with Crippen molar-refractivity contribution in [2.24, 2.45) is 0 Å². The first-order chi connectivity index (χ1) is 14.1. The van der Waals surface area contributed by atoms with Crippen LogP contribution in [0.2, 0.25) is 0 Å². The lowest BCUT2D eigenvalue weighted by Crippen LogP contribution is -2.41. The van der Waals surface area contributed by atoms with Gasteiger partial charge in [-0.1, -0.05) is 24.3 Å². The van der Waals surface area contributed by atoms with Crippen molar-refractivity contribution in [2.75, 3.05) is 20.2 Å². The van der Waals surface area contributed by atoms with Crippen LogP contribution >= 0.6 is 0 Å². The van der Waals surface area contributed by atoms with E-state index in [-0.39, 0.29) is 12.0 Å². The summed E-state index contributed by atoms with van der Waals surface area (Å²) in [7, 11) is 1.78. The van der Waals surface area contributed by atoms with E-state index in [4.69, 9.17) is 9.47 Å². The van der Waals surface area contributed by atoms with E-state index in [0.717, 1.165) is 17.7 Å². The lowest BCUT2D eigenvalue weighted by molar-refractivity contribution is -0.138. The highest BCUT2D eigenvalue weighted by Crippen LogP contribution is 2.27. The standard InChI is InChI=1S/C21H23N5O3/c1-15(29-18-9-7-17(8-10-18)26-14-22-23-24-26)21(27)25(2)13-20-19-6-4-3-5-16(19)11-12-28-20/h3-10,14-15,20H,11-13H2,1-2H3. The van der Waals surface area contributed by atoms with Crippen LogP contribution in [0.5, 0.6) is 5.75 Å². The van der Waals surface area contributed by atoms with E-state index >= 15 is 0 Å². The van der Waals surface area contributed by atoms with Crippen LogP contribution in [0.3, 0.4) is 0 Å². The van der Waals surface area contributed by atoms with Crippen molar-refractivity contribution >= 4 is 5.91 Å². The molecule has 150 valence electrons. The minimum absolute atomic E-state index is 0.0961. The lowest BCUT2D eigenvalue weighted by Gasteiger charge is -2.30. The molecule has 2 unspecified atom stereocenters. The summed E-state index contributed by atoms with van der Waals surface area (Å²) in [5.41, 5.74) is 3.26. The Hall–Kier alpha value is -3.26. The summed E-state index contributed by atoms with van der Waals surface area (Å²) >= 11 is 0. The summed E-state index contributed by atoms with van der Waals surface area (Å²) in [4.78, 5) is 14.5. The third-order valence-electron chi connectivity index (χ3n) is 5.02. The number of tetrazole rings is 1. The summed E-state index contributed by atoms with van der Waals surface area (Å²) < 4.78 is 13.3.